The van der Waals surface area contributed by atoms with Crippen LogP contribution in [-0.4, -0.2) is 36.5 Å². The second-order valence-corrected chi connectivity index (χ2v) is 6.88. The minimum absolute atomic E-state index is 0.00408. The number of carboxylic acid groups (broad SMARTS) is 1. The molecule has 1 aliphatic rings. The Balaban J connectivity index is 2.86. The van der Waals surface area contributed by atoms with E-state index in [0.717, 1.165) is 6.07 Å². The third kappa shape index (κ3) is 2.99. The summed E-state index contributed by atoms with van der Waals surface area (Å²) in [6, 6.07) is 4.29. The number of carbonyl (C=O) groups is 1. The van der Waals surface area contributed by atoms with Crippen molar-refractivity contribution >= 4 is 11.7 Å². The van der Waals surface area contributed by atoms with Crippen molar-refractivity contribution in [2.75, 3.05) is 13.7 Å². The van der Waals surface area contributed by atoms with E-state index in [2.05, 4.69) is 11.1 Å². The SMILES string of the molecule is COCC1N=C(C)C(C#N)C(c2ccc(F)cc2F)C1(C(=O)O)C(C)C. The maximum atomic E-state index is 14.6. The average Bonchev–Trinajstić information content (AvgIpc) is 2.54. The van der Waals surface area contributed by atoms with Crippen molar-refractivity contribution in [3.63, 3.8) is 0 Å². The Kier molecular flexibility index (Phi) is 5.77. The normalized spacial score (nSPS) is 28.5. The molecule has 0 saturated carbocycles. The second-order valence-electron chi connectivity index (χ2n) is 6.88. The number of aliphatic imine (C=N–C) groups is 1. The maximum Gasteiger partial charge on any atom is 0.312 e. The van der Waals surface area contributed by atoms with Gasteiger partial charge >= 0.3 is 5.97 Å². The van der Waals surface area contributed by atoms with Crippen LogP contribution in [0.1, 0.15) is 32.3 Å². The third-order valence-corrected chi connectivity index (χ3v) is 5.30. The number of rotatable bonds is 5. The van der Waals surface area contributed by atoms with E-state index in [0.29, 0.717) is 11.8 Å². The highest BCUT2D eigenvalue weighted by Crippen LogP contribution is 2.53. The van der Waals surface area contributed by atoms with Crippen LogP contribution in [0, 0.1) is 40.2 Å². The molecule has 0 bridgehead atoms. The Hall–Kier alpha value is -2.33. The summed E-state index contributed by atoms with van der Waals surface area (Å²) in [4.78, 5) is 16.9. The van der Waals surface area contributed by atoms with Gasteiger partial charge in [0.05, 0.1) is 24.6 Å². The molecule has 1 N–H and O–H groups in total. The fraction of sp³-hybridized carbons (Fsp3) is 0.526. The van der Waals surface area contributed by atoms with Crippen molar-refractivity contribution in [3.8, 4) is 6.07 Å². The van der Waals surface area contributed by atoms with Gasteiger partial charge in [-0.3, -0.25) is 9.79 Å². The molecule has 140 valence electrons. The summed E-state index contributed by atoms with van der Waals surface area (Å²) in [6.07, 6.45) is 0. The van der Waals surface area contributed by atoms with E-state index in [-0.39, 0.29) is 12.2 Å². The van der Waals surface area contributed by atoms with E-state index in [1.54, 1.807) is 20.8 Å². The van der Waals surface area contributed by atoms with Gasteiger partial charge in [0.25, 0.3) is 0 Å². The number of carboxylic acids is 1. The Morgan fingerprint density at radius 2 is 2.12 bits per heavy atom. The Morgan fingerprint density at radius 3 is 2.58 bits per heavy atom. The zero-order valence-electron chi connectivity index (χ0n) is 15.2. The average molecular weight is 364 g/mol. The van der Waals surface area contributed by atoms with Crippen molar-refractivity contribution in [1.29, 1.82) is 5.26 Å². The second kappa shape index (κ2) is 7.50. The zero-order chi connectivity index (χ0) is 19.6. The Morgan fingerprint density at radius 1 is 1.46 bits per heavy atom. The molecule has 0 saturated heterocycles. The van der Waals surface area contributed by atoms with Crippen molar-refractivity contribution in [3.05, 3.63) is 35.4 Å². The first-order valence-corrected chi connectivity index (χ1v) is 8.32. The van der Waals surface area contributed by atoms with Gasteiger partial charge in [0.15, 0.2) is 0 Å². The van der Waals surface area contributed by atoms with Gasteiger partial charge in [-0.25, -0.2) is 8.78 Å². The number of benzene rings is 1. The van der Waals surface area contributed by atoms with Crippen molar-refractivity contribution in [2.24, 2.45) is 22.2 Å². The lowest BCUT2D eigenvalue weighted by Gasteiger charge is -2.49. The van der Waals surface area contributed by atoms with E-state index in [9.17, 15) is 23.9 Å². The summed E-state index contributed by atoms with van der Waals surface area (Å²) in [5.41, 5.74) is -1.15. The lowest BCUT2D eigenvalue weighted by Crippen LogP contribution is -2.57. The van der Waals surface area contributed by atoms with Gasteiger partial charge < -0.3 is 9.84 Å². The Bertz CT molecular complexity index is 773. The van der Waals surface area contributed by atoms with Crippen LogP contribution in [0.5, 0.6) is 0 Å². The fourth-order valence-corrected chi connectivity index (χ4v) is 4.12. The summed E-state index contributed by atoms with van der Waals surface area (Å²) in [5.74, 6) is -5.26. The van der Waals surface area contributed by atoms with Gasteiger partial charge in [-0.1, -0.05) is 19.9 Å². The molecule has 4 unspecified atom stereocenters. The molecule has 4 atom stereocenters. The Labute approximate surface area is 151 Å². The van der Waals surface area contributed by atoms with Crippen LogP contribution < -0.4 is 0 Å². The summed E-state index contributed by atoms with van der Waals surface area (Å²) in [7, 11) is 1.43. The molecule has 1 aromatic carbocycles. The highest BCUT2D eigenvalue weighted by molar-refractivity contribution is 5.92. The molecular formula is C19H22F2N2O3. The molecule has 0 amide bonds. The standard InChI is InChI=1S/C19H22F2N2O3/c1-10(2)19(18(24)25)16(9-26-4)23-11(3)14(8-22)17(19)13-6-5-12(20)7-15(13)21/h5-7,10,14,16-17H,9H2,1-4H3,(H,24,25). The van der Waals surface area contributed by atoms with Crippen LogP contribution in [0.25, 0.3) is 0 Å². The highest BCUT2D eigenvalue weighted by atomic mass is 19.1. The van der Waals surface area contributed by atoms with Crippen LogP contribution >= 0.6 is 0 Å². The molecule has 1 aromatic rings. The maximum absolute atomic E-state index is 14.6. The quantitative estimate of drug-likeness (QED) is 0.868. The summed E-state index contributed by atoms with van der Waals surface area (Å²) >= 11 is 0. The molecular weight excluding hydrogens is 342 g/mol. The summed E-state index contributed by atoms with van der Waals surface area (Å²) < 4.78 is 33.2. The first-order valence-electron chi connectivity index (χ1n) is 8.32. The van der Waals surface area contributed by atoms with Gasteiger partial charge in [-0.2, -0.15) is 5.26 Å². The third-order valence-electron chi connectivity index (χ3n) is 5.30. The molecule has 7 heteroatoms. The molecule has 0 aromatic heterocycles. The number of nitrogens with zero attached hydrogens (tertiary/aromatic N) is 2. The highest BCUT2D eigenvalue weighted by Gasteiger charge is 2.60. The number of methoxy groups -OCH3 is 1. The number of ether oxygens (including phenoxy) is 1. The predicted octanol–water partition coefficient (Wildman–Crippen LogP) is 3.40. The minimum atomic E-state index is -1.57. The van der Waals surface area contributed by atoms with Gasteiger partial charge in [0.2, 0.25) is 0 Å². The first-order chi connectivity index (χ1) is 12.2. The molecule has 0 radical (unpaired) electrons. The molecule has 1 aliphatic heterocycles. The molecule has 5 nitrogen and oxygen atoms in total. The van der Waals surface area contributed by atoms with Crippen molar-refractivity contribution in [2.45, 2.75) is 32.7 Å². The minimum Gasteiger partial charge on any atom is -0.481 e. The van der Waals surface area contributed by atoms with Crippen LogP contribution in [0.15, 0.2) is 23.2 Å². The van der Waals surface area contributed by atoms with Gasteiger partial charge in [-0.05, 0) is 24.5 Å². The van der Waals surface area contributed by atoms with Crippen LogP contribution in [0.4, 0.5) is 8.78 Å². The molecule has 1 heterocycles. The molecule has 0 fully saturated rings. The number of hydrogen-bond donors (Lipinski definition) is 1. The topological polar surface area (TPSA) is 82.7 Å². The van der Waals surface area contributed by atoms with Crippen molar-refractivity contribution < 1.29 is 23.4 Å². The monoisotopic (exact) mass is 364 g/mol. The van der Waals surface area contributed by atoms with E-state index in [4.69, 9.17) is 4.74 Å². The number of hydrogen-bond acceptors (Lipinski definition) is 4. The van der Waals surface area contributed by atoms with Gasteiger partial charge in [0, 0.05) is 24.8 Å². The smallest absolute Gasteiger partial charge is 0.312 e. The number of nitriles is 1. The van der Waals surface area contributed by atoms with E-state index < -0.39 is 46.8 Å². The van der Waals surface area contributed by atoms with Gasteiger partial charge in [-0.15, -0.1) is 0 Å². The predicted molar refractivity (Wildman–Crippen MR) is 91.9 cm³/mol. The summed E-state index contributed by atoms with van der Waals surface area (Å²) in [6.45, 7) is 5.04. The molecule has 0 aliphatic carbocycles. The van der Waals surface area contributed by atoms with Crippen LogP contribution in [0.3, 0.4) is 0 Å². The van der Waals surface area contributed by atoms with Crippen molar-refractivity contribution in [1.82, 2.24) is 0 Å². The number of halogens is 2. The zero-order valence-corrected chi connectivity index (χ0v) is 15.2. The molecule has 26 heavy (non-hydrogen) atoms. The van der Waals surface area contributed by atoms with E-state index in [1.807, 2.05) is 0 Å². The van der Waals surface area contributed by atoms with E-state index >= 15 is 0 Å². The molecule has 0 spiro atoms. The van der Waals surface area contributed by atoms with Gasteiger partial charge in [0.1, 0.15) is 17.0 Å². The number of aliphatic carboxylic acids is 1. The van der Waals surface area contributed by atoms with Crippen LogP contribution in [-0.2, 0) is 9.53 Å². The largest absolute Gasteiger partial charge is 0.481 e. The lowest BCUT2D eigenvalue weighted by molar-refractivity contribution is -0.158. The molecule has 2 rings (SSSR count). The van der Waals surface area contributed by atoms with E-state index in [1.165, 1.54) is 13.2 Å². The summed E-state index contributed by atoms with van der Waals surface area (Å²) in [5, 5.41) is 19.9. The first kappa shape index (κ1) is 20.0. The fourth-order valence-electron chi connectivity index (χ4n) is 4.12. The lowest BCUT2D eigenvalue weighted by atomic mass is 9.55. The van der Waals surface area contributed by atoms with Crippen LogP contribution in [0.2, 0.25) is 0 Å².